The molecule has 3 heteroatoms. The third-order valence-electron chi connectivity index (χ3n) is 5.24. The molecule has 2 rings (SSSR count). The van der Waals surface area contributed by atoms with E-state index in [1.807, 2.05) is 6.07 Å². The lowest BCUT2D eigenvalue weighted by atomic mass is 9.67. The average Bonchev–Trinajstić information content (AvgIpc) is 2.91. The molecule has 0 aromatic rings. The predicted octanol–water partition coefficient (Wildman–Crippen LogP) is 3.46. The number of hydrogen-bond donors (Lipinski definition) is 0. The molecule has 0 aromatic carbocycles. The van der Waals surface area contributed by atoms with Gasteiger partial charge in [0.2, 0.25) is 0 Å². The Morgan fingerprint density at radius 2 is 2.21 bits per heavy atom. The number of allylic oxidation sites excluding steroid dienone is 1. The summed E-state index contributed by atoms with van der Waals surface area (Å²) in [5.41, 5.74) is 0.509. The van der Waals surface area contributed by atoms with Crippen LogP contribution in [0.25, 0.3) is 0 Å². The summed E-state index contributed by atoms with van der Waals surface area (Å²) in [5, 5.41) is 9.04. The number of nitrogens with zero attached hydrogens (tertiary/aromatic N) is 1. The smallest absolute Gasteiger partial charge is 0.348 e. The summed E-state index contributed by atoms with van der Waals surface area (Å²) in [4.78, 5) is 11.6. The Morgan fingerprint density at radius 1 is 1.47 bits per heavy atom. The lowest BCUT2D eigenvalue weighted by Gasteiger charge is -2.38. The number of carbonyl (C=O) groups excluding carboxylic acids is 1. The van der Waals surface area contributed by atoms with E-state index < -0.39 is 5.97 Å². The van der Waals surface area contributed by atoms with Crippen molar-refractivity contribution in [1.82, 2.24) is 0 Å². The van der Waals surface area contributed by atoms with E-state index in [-0.39, 0.29) is 5.57 Å². The Morgan fingerprint density at radius 3 is 2.74 bits per heavy atom. The monoisotopic (exact) mass is 261 g/mol. The zero-order valence-electron chi connectivity index (χ0n) is 12.1. The fraction of sp³-hybridized carbons (Fsp3) is 0.750. The minimum atomic E-state index is -0.481. The maximum Gasteiger partial charge on any atom is 0.348 e. The highest BCUT2D eigenvalue weighted by Gasteiger charge is 2.51. The molecule has 0 spiro atoms. The summed E-state index contributed by atoms with van der Waals surface area (Å²) in [6.07, 6.45) is 6.61. The van der Waals surface area contributed by atoms with Gasteiger partial charge in [0, 0.05) is 0 Å². The van der Waals surface area contributed by atoms with E-state index in [1.54, 1.807) is 13.0 Å². The Bertz CT molecular complexity index is 431. The molecule has 3 nitrogen and oxygen atoms in total. The molecule has 2 fully saturated rings. The second-order valence-electron chi connectivity index (χ2n) is 6.38. The minimum absolute atomic E-state index is 0.167. The third kappa shape index (κ3) is 2.54. The van der Waals surface area contributed by atoms with Crippen molar-refractivity contribution in [2.24, 2.45) is 23.2 Å². The molecule has 0 saturated heterocycles. The van der Waals surface area contributed by atoms with Crippen molar-refractivity contribution >= 4 is 5.97 Å². The van der Waals surface area contributed by atoms with E-state index in [0.29, 0.717) is 17.9 Å². The fourth-order valence-corrected chi connectivity index (χ4v) is 4.09. The summed E-state index contributed by atoms with van der Waals surface area (Å²) < 4.78 is 4.89. The second-order valence-corrected chi connectivity index (χ2v) is 6.38. The Kier molecular flexibility index (Phi) is 3.99. The molecule has 2 bridgehead atoms. The van der Waals surface area contributed by atoms with Crippen LogP contribution >= 0.6 is 0 Å². The molecule has 0 N–H and O–H groups in total. The summed E-state index contributed by atoms with van der Waals surface area (Å²) >= 11 is 0. The highest BCUT2D eigenvalue weighted by Crippen LogP contribution is 2.60. The molecule has 2 aliphatic carbocycles. The van der Waals surface area contributed by atoms with Crippen molar-refractivity contribution in [3.05, 3.63) is 11.6 Å². The van der Waals surface area contributed by atoms with Crippen molar-refractivity contribution in [1.29, 1.82) is 5.26 Å². The molecule has 0 aliphatic heterocycles. The second kappa shape index (κ2) is 5.36. The third-order valence-corrected chi connectivity index (χ3v) is 5.24. The maximum absolute atomic E-state index is 11.6. The molecule has 2 aliphatic rings. The Hall–Kier alpha value is -1.30. The van der Waals surface area contributed by atoms with Gasteiger partial charge < -0.3 is 4.74 Å². The summed E-state index contributed by atoms with van der Waals surface area (Å²) in [6, 6.07) is 1.97. The van der Waals surface area contributed by atoms with E-state index >= 15 is 0 Å². The molecule has 2 saturated carbocycles. The van der Waals surface area contributed by atoms with Crippen LogP contribution in [0.2, 0.25) is 0 Å². The number of nitriles is 1. The molecule has 3 unspecified atom stereocenters. The van der Waals surface area contributed by atoms with Crippen molar-refractivity contribution < 1.29 is 9.53 Å². The van der Waals surface area contributed by atoms with Crippen molar-refractivity contribution in [2.75, 3.05) is 6.61 Å². The van der Waals surface area contributed by atoms with Gasteiger partial charge in [0.1, 0.15) is 11.6 Å². The first-order chi connectivity index (χ1) is 9.00. The molecule has 3 atom stereocenters. The lowest BCUT2D eigenvalue weighted by molar-refractivity contribution is -0.138. The summed E-state index contributed by atoms with van der Waals surface area (Å²) in [6.45, 7) is 6.75. The van der Waals surface area contributed by atoms with Crippen molar-refractivity contribution in [3.63, 3.8) is 0 Å². The first-order valence-electron chi connectivity index (χ1n) is 7.28. The highest BCUT2D eigenvalue weighted by molar-refractivity contribution is 5.92. The van der Waals surface area contributed by atoms with Gasteiger partial charge in [-0.15, -0.1) is 0 Å². The van der Waals surface area contributed by atoms with E-state index in [9.17, 15) is 4.79 Å². The molecule has 19 heavy (non-hydrogen) atoms. The van der Waals surface area contributed by atoms with Gasteiger partial charge in [0.15, 0.2) is 0 Å². The van der Waals surface area contributed by atoms with Gasteiger partial charge in [-0.25, -0.2) is 4.79 Å². The van der Waals surface area contributed by atoms with E-state index in [4.69, 9.17) is 10.00 Å². The normalized spacial score (nSPS) is 32.1. The average molecular weight is 261 g/mol. The molecule has 0 amide bonds. The number of ether oxygens (including phenoxy) is 1. The maximum atomic E-state index is 11.6. The number of rotatable bonds is 4. The number of fused-ring (bicyclic) bond motifs is 2. The zero-order chi connectivity index (χ0) is 14.0. The zero-order valence-corrected chi connectivity index (χ0v) is 12.1. The first kappa shape index (κ1) is 14.1. The van der Waals surface area contributed by atoms with Crippen LogP contribution in [-0.4, -0.2) is 12.6 Å². The van der Waals surface area contributed by atoms with Crippen molar-refractivity contribution in [2.45, 2.75) is 46.5 Å². The predicted molar refractivity (Wildman–Crippen MR) is 73.0 cm³/mol. The largest absolute Gasteiger partial charge is 0.462 e. The standard InChI is InChI=1S/C16H23NO2/c1-4-19-15(18)12(10-17)6-8-14-11-5-7-13(9-11)16(14,2)3/h6,11,13-14H,4-5,7-9H2,1-3H3/b12-6+. The van der Waals surface area contributed by atoms with Crippen molar-refractivity contribution in [3.8, 4) is 6.07 Å². The molecular weight excluding hydrogens is 238 g/mol. The number of esters is 1. The quantitative estimate of drug-likeness (QED) is 0.442. The SMILES string of the molecule is CCOC(=O)/C(C#N)=C/CC1C2CCC(C2)C1(C)C. The van der Waals surface area contributed by atoms with Crippen LogP contribution in [0, 0.1) is 34.5 Å². The van der Waals surface area contributed by atoms with Gasteiger partial charge in [0.25, 0.3) is 0 Å². The topological polar surface area (TPSA) is 50.1 Å². The first-order valence-corrected chi connectivity index (χ1v) is 7.28. The highest BCUT2D eigenvalue weighted by atomic mass is 16.5. The molecule has 0 heterocycles. The van der Waals surface area contributed by atoms with Gasteiger partial charge in [0.05, 0.1) is 6.61 Å². The number of carbonyl (C=O) groups is 1. The molecule has 0 radical (unpaired) electrons. The van der Waals surface area contributed by atoms with Gasteiger partial charge in [-0.05, 0) is 55.8 Å². The van der Waals surface area contributed by atoms with Crippen LogP contribution in [-0.2, 0) is 9.53 Å². The van der Waals surface area contributed by atoms with Crippen LogP contribution in [0.4, 0.5) is 0 Å². The van der Waals surface area contributed by atoms with E-state index in [0.717, 1.165) is 18.3 Å². The van der Waals surface area contributed by atoms with Crippen LogP contribution in [0.5, 0.6) is 0 Å². The molecule has 0 aromatic heterocycles. The summed E-state index contributed by atoms with van der Waals surface area (Å²) in [5.74, 6) is 1.72. The minimum Gasteiger partial charge on any atom is -0.462 e. The Balaban J connectivity index is 2.05. The van der Waals surface area contributed by atoms with E-state index in [1.165, 1.54) is 19.3 Å². The Labute approximate surface area is 115 Å². The fourth-order valence-electron chi connectivity index (χ4n) is 4.09. The van der Waals surface area contributed by atoms with Crippen LogP contribution in [0.1, 0.15) is 46.5 Å². The van der Waals surface area contributed by atoms with E-state index in [2.05, 4.69) is 13.8 Å². The lowest BCUT2D eigenvalue weighted by Crippen LogP contribution is -2.30. The van der Waals surface area contributed by atoms with Crippen LogP contribution < -0.4 is 0 Å². The molecule has 104 valence electrons. The van der Waals surface area contributed by atoms with Crippen LogP contribution in [0.15, 0.2) is 11.6 Å². The van der Waals surface area contributed by atoms with Gasteiger partial charge in [-0.2, -0.15) is 5.26 Å². The van der Waals surface area contributed by atoms with Gasteiger partial charge >= 0.3 is 5.97 Å². The summed E-state index contributed by atoms with van der Waals surface area (Å²) in [7, 11) is 0. The van der Waals surface area contributed by atoms with Crippen LogP contribution in [0.3, 0.4) is 0 Å². The van der Waals surface area contributed by atoms with Gasteiger partial charge in [-0.1, -0.05) is 19.9 Å². The number of hydrogen-bond acceptors (Lipinski definition) is 3. The molecular formula is C16H23NO2. The van der Waals surface area contributed by atoms with Gasteiger partial charge in [-0.3, -0.25) is 0 Å².